The molecule has 0 bridgehead atoms. The van der Waals surface area contributed by atoms with Crippen molar-refractivity contribution in [1.82, 2.24) is 5.32 Å². The Morgan fingerprint density at radius 2 is 2.05 bits per heavy atom. The topological polar surface area (TPSA) is 84.7 Å². The second kappa shape index (κ2) is 5.96. The highest BCUT2D eigenvalue weighted by Crippen LogP contribution is 2.34. The molecule has 0 unspecified atom stereocenters. The molecule has 3 N–H and O–H groups in total. The smallest absolute Gasteiger partial charge is 0.408 e. The highest BCUT2D eigenvalue weighted by molar-refractivity contribution is 6.03. The normalized spacial score (nSPS) is 19.5. The molecule has 2 rings (SSSR count). The van der Waals surface area contributed by atoms with Crippen LogP contribution in [0.3, 0.4) is 0 Å². The molecule has 1 aliphatic heterocycles. The Morgan fingerprint density at radius 3 is 2.64 bits per heavy atom. The first-order valence-electron chi connectivity index (χ1n) is 7.37. The number of methoxy groups -OCH3 is 1. The highest BCUT2D eigenvalue weighted by Gasteiger charge is 2.46. The van der Waals surface area contributed by atoms with Crippen LogP contribution in [0.4, 0.5) is 10.5 Å². The van der Waals surface area contributed by atoms with Gasteiger partial charge in [0.05, 0.1) is 7.11 Å². The lowest BCUT2D eigenvalue weighted by Crippen LogP contribution is -2.69. The summed E-state index contributed by atoms with van der Waals surface area (Å²) in [6.07, 6.45) is 0.0543. The molecule has 0 spiro atoms. The van der Waals surface area contributed by atoms with Gasteiger partial charge in [0.1, 0.15) is 0 Å². The summed E-state index contributed by atoms with van der Waals surface area (Å²) in [5.41, 5.74) is 6.70. The van der Waals surface area contributed by atoms with Gasteiger partial charge >= 0.3 is 6.09 Å². The lowest BCUT2D eigenvalue weighted by atomic mass is 9.94. The zero-order chi connectivity index (χ0) is 16.5. The summed E-state index contributed by atoms with van der Waals surface area (Å²) < 4.78 is 4.60. The molecular formula is C16H23N3O3. The van der Waals surface area contributed by atoms with Gasteiger partial charge in [0.25, 0.3) is 5.91 Å². The fourth-order valence-electron chi connectivity index (χ4n) is 2.74. The fraction of sp³-hybridized carbons (Fsp3) is 0.500. The maximum atomic E-state index is 13.1. The van der Waals surface area contributed by atoms with Crippen LogP contribution in [-0.4, -0.2) is 30.8 Å². The van der Waals surface area contributed by atoms with E-state index >= 15 is 0 Å². The minimum Gasteiger partial charge on any atom is -0.453 e. The largest absolute Gasteiger partial charge is 0.453 e. The molecule has 6 heteroatoms. The van der Waals surface area contributed by atoms with Crippen LogP contribution in [-0.2, 0) is 16.0 Å². The van der Waals surface area contributed by atoms with E-state index in [1.807, 2.05) is 31.2 Å². The number of rotatable bonds is 3. The van der Waals surface area contributed by atoms with Crippen LogP contribution in [0.5, 0.6) is 0 Å². The highest BCUT2D eigenvalue weighted by atomic mass is 16.5. The Bertz CT molecular complexity index is 588. The Hall–Kier alpha value is -2.08. The molecule has 2 amide bonds. The van der Waals surface area contributed by atoms with Gasteiger partial charge in [0, 0.05) is 11.7 Å². The molecular weight excluding hydrogens is 282 g/mol. The molecule has 2 atom stereocenters. The molecule has 0 saturated heterocycles. The Balaban J connectivity index is 2.37. The number of ether oxygens (including phenoxy) is 1. The zero-order valence-corrected chi connectivity index (χ0v) is 13.4. The number of carbonyl (C=O) groups excluding carboxylic acids is 2. The minimum atomic E-state index is -1.52. The predicted octanol–water partition coefficient (Wildman–Crippen LogP) is 1.63. The molecule has 6 nitrogen and oxygen atoms in total. The number of alkyl carbamates (subject to hydrolysis) is 1. The van der Waals surface area contributed by atoms with Crippen molar-refractivity contribution in [1.29, 1.82) is 0 Å². The van der Waals surface area contributed by atoms with Crippen LogP contribution in [0.2, 0.25) is 0 Å². The number of carbonyl (C=O) groups is 2. The number of anilines is 1. The first kappa shape index (κ1) is 16.3. The lowest BCUT2D eigenvalue weighted by molar-refractivity contribution is -0.126. The van der Waals surface area contributed by atoms with E-state index < -0.39 is 11.8 Å². The molecule has 0 fully saturated rings. The Morgan fingerprint density at radius 1 is 1.41 bits per heavy atom. The first-order chi connectivity index (χ1) is 10.3. The molecule has 1 heterocycles. The van der Waals surface area contributed by atoms with E-state index in [1.54, 1.807) is 18.7 Å². The number of hydrogen-bond acceptors (Lipinski definition) is 4. The number of nitrogens with one attached hydrogen (secondary N) is 1. The van der Waals surface area contributed by atoms with Gasteiger partial charge in [0.15, 0.2) is 5.66 Å². The van der Waals surface area contributed by atoms with E-state index in [0.29, 0.717) is 0 Å². The van der Waals surface area contributed by atoms with Crippen molar-refractivity contribution >= 4 is 17.7 Å². The van der Waals surface area contributed by atoms with Crippen LogP contribution >= 0.6 is 0 Å². The summed E-state index contributed by atoms with van der Waals surface area (Å²) in [7, 11) is 1.24. The quantitative estimate of drug-likeness (QED) is 0.831. The molecule has 1 aromatic rings. The average molecular weight is 305 g/mol. The summed E-state index contributed by atoms with van der Waals surface area (Å²) in [4.78, 5) is 26.3. The average Bonchev–Trinajstić information content (AvgIpc) is 2.81. The van der Waals surface area contributed by atoms with Gasteiger partial charge in [-0.05, 0) is 30.9 Å². The standard InChI is InChI=1S/C16H23N3O3/c1-10(2)16(17,18-15(21)22-4)14(20)19-11(3)9-12-7-5-6-8-13(12)19/h5-8,10-11H,9,17H2,1-4H3,(H,18,21)/t11-,16+/m1/s1. The van der Waals surface area contributed by atoms with Gasteiger partial charge < -0.3 is 15.4 Å². The van der Waals surface area contributed by atoms with E-state index in [9.17, 15) is 9.59 Å². The fourth-order valence-corrected chi connectivity index (χ4v) is 2.74. The van der Waals surface area contributed by atoms with Gasteiger partial charge in [-0.15, -0.1) is 0 Å². The molecule has 0 radical (unpaired) electrons. The Labute approximate surface area is 130 Å². The van der Waals surface area contributed by atoms with Crippen LogP contribution in [0.15, 0.2) is 24.3 Å². The van der Waals surface area contributed by atoms with Gasteiger partial charge in [-0.1, -0.05) is 32.0 Å². The monoisotopic (exact) mass is 305 g/mol. The lowest BCUT2D eigenvalue weighted by Gasteiger charge is -2.37. The SMILES string of the molecule is COC(=O)N[C@](N)(C(=O)N1c2ccccc2C[C@H]1C)C(C)C. The number of hydrogen-bond donors (Lipinski definition) is 2. The van der Waals surface area contributed by atoms with Gasteiger partial charge in [-0.2, -0.15) is 0 Å². The Kier molecular flexibility index (Phi) is 4.42. The van der Waals surface area contributed by atoms with E-state index in [1.165, 1.54) is 7.11 Å². The minimum absolute atomic E-state index is 0.00831. The third-order valence-corrected chi connectivity index (χ3v) is 4.18. The van der Waals surface area contributed by atoms with Crippen molar-refractivity contribution < 1.29 is 14.3 Å². The summed E-state index contributed by atoms with van der Waals surface area (Å²) in [5, 5.41) is 2.50. The number of para-hydroxylation sites is 1. The van der Waals surface area contributed by atoms with Crippen LogP contribution < -0.4 is 16.0 Å². The number of nitrogens with two attached hydrogens (primary N) is 1. The number of nitrogens with zero attached hydrogens (tertiary/aromatic N) is 1. The second-order valence-corrected chi connectivity index (χ2v) is 6.00. The maximum absolute atomic E-state index is 13.1. The molecule has 22 heavy (non-hydrogen) atoms. The third kappa shape index (κ3) is 2.66. The van der Waals surface area contributed by atoms with Crippen molar-refractivity contribution in [3.63, 3.8) is 0 Å². The van der Waals surface area contributed by atoms with E-state index in [0.717, 1.165) is 17.7 Å². The summed E-state index contributed by atoms with van der Waals surface area (Å²) in [6.45, 7) is 5.55. The van der Waals surface area contributed by atoms with Crippen molar-refractivity contribution in [2.45, 2.75) is 38.9 Å². The van der Waals surface area contributed by atoms with Crippen LogP contribution in [0.25, 0.3) is 0 Å². The third-order valence-electron chi connectivity index (χ3n) is 4.18. The van der Waals surface area contributed by atoms with Crippen LogP contribution in [0, 0.1) is 5.92 Å². The molecule has 1 aromatic carbocycles. The van der Waals surface area contributed by atoms with Crippen molar-refractivity contribution in [2.24, 2.45) is 11.7 Å². The zero-order valence-electron chi connectivity index (χ0n) is 13.4. The van der Waals surface area contributed by atoms with Crippen molar-refractivity contribution in [3.05, 3.63) is 29.8 Å². The van der Waals surface area contributed by atoms with E-state index in [2.05, 4.69) is 10.1 Å². The predicted molar refractivity (Wildman–Crippen MR) is 84.4 cm³/mol. The van der Waals surface area contributed by atoms with Crippen LogP contribution in [0.1, 0.15) is 26.3 Å². The van der Waals surface area contributed by atoms with Gasteiger partial charge in [-0.3, -0.25) is 10.1 Å². The van der Waals surface area contributed by atoms with E-state index in [4.69, 9.17) is 5.73 Å². The summed E-state index contributed by atoms with van der Waals surface area (Å²) in [6, 6.07) is 7.73. The molecule has 0 aromatic heterocycles. The van der Waals surface area contributed by atoms with Gasteiger partial charge in [-0.25, -0.2) is 4.79 Å². The second-order valence-electron chi connectivity index (χ2n) is 6.00. The molecule has 120 valence electrons. The molecule has 0 aliphatic carbocycles. The number of fused-ring (bicyclic) bond motifs is 1. The van der Waals surface area contributed by atoms with Gasteiger partial charge in [0.2, 0.25) is 0 Å². The number of benzene rings is 1. The van der Waals surface area contributed by atoms with E-state index in [-0.39, 0.29) is 17.9 Å². The summed E-state index contributed by atoms with van der Waals surface area (Å²) >= 11 is 0. The van der Waals surface area contributed by atoms with Crippen molar-refractivity contribution in [3.8, 4) is 0 Å². The summed E-state index contributed by atoms with van der Waals surface area (Å²) in [5.74, 6) is -0.621. The molecule has 1 aliphatic rings. The molecule has 0 saturated carbocycles. The first-order valence-corrected chi connectivity index (χ1v) is 7.37. The number of amides is 2. The maximum Gasteiger partial charge on any atom is 0.408 e. The van der Waals surface area contributed by atoms with Crippen molar-refractivity contribution in [2.75, 3.05) is 12.0 Å².